The fourth-order valence-electron chi connectivity index (χ4n) is 13.6. The van der Waals surface area contributed by atoms with E-state index in [0.717, 1.165) is 38.6 Å². The Morgan fingerprint density at radius 1 is 0.878 bits per heavy atom. The first kappa shape index (κ1) is 38.3. The molecule has 0 aromatic carbocycles. The number of amides is 1. The van der Waals surface area contributed by atoms with Gasteiger partial charge in [-0.3, -0.25) is 14.4 Å². The first-order chi connectivity index (χ1) is 22.6. The number of carbonyl (C=O) groups excluding carboxylic acids is 2. The van der Waals surface area contributed by atoms with Crippen LogP contribution in [0, 0.1) is 62.1 Å². The van der Waals surface area contributed by atoms with Gasteiger partial charge in [0.05, 0.1) is 12.8 Å². The van der Waals surface area contributed by atoms with Crippen LogP contribution >= 0.6 is 0 Å². The second-order valence-electron chi connectivity index (χ2n) is 20.1. The molecule has 5 fully saturated rings. The topological polar surface area (TPSA) is 95.9 Å². The Morgan fingerprint density at radius 2 is 1.57 bits per heavy atom. The van der Waals surface area contributed by atoms with Gasteiger partial charge in [-0.15, -0.1) is 0 Å². The zero-order valence-electron chi connectivity index (χ0n) is 32.8. The SMILES string of the molecule is C=C(C)[C@@H]1CC[C@]2(CC(=O)NCCN(C)C)CC[C@]3(C)[C@H](CCC4[C@@]5(C)CC[C@H](OC(=O)CC(C)(C)CC(=O)O)C(C)(C)C5CC[C@]43C)C12. The molecule has 0 aromatic heterocycles. The summed E-state index contributed by atoms with van der Waals surface area (Å²) >= 11 is 0. The molecule has 0 bridgehead atoms. The van der Waals surface area contributed by atoms with Crippen molar-refractivity contribution < 1.29 is 24.2 Å². The number of aliphatic carboxylic acids is 1. The van der Waals surface area contributed by atoms with Gasteiger partial charge in [-0.2, -0.15) is 0 Å². The summed E-state index contributed by atoms with van der Waals surface area (Å²) in [4.78, 5) is 40.2. The molecular weight excluding hydrogens is 612 g/mol. The molecule has 7 heteroatoms. The summed E-state index contributed by atoms with van der Waals surface area (Å²) in [5.41, 5.74) is 1.19. The predicted octanol–water partition coefficient (Wildman–Crippen LogP) is 8.51. The van der Waals surface area contributed by atoms with E-state index >= 15 is 0 Å². The molecule has 10 atom stereocenters. The summed E-state index contributed by atoms with van der Waals surface area (Å²) in [5, 5.41) is 12.6. The van der Waals surface area contributed by atoms with Crippen LogP contribution in [0.15, 0.2) is 12.2 Å². The van der Waals surface area contributed by atoms with E-state index in [0.29, 0.717) is 42.6 Å². The van der Waals surface area contributed by atoms with Crippen LogP contribution in [0.5, 0.6) is 0 Å². The molecular formula is C42H70N2O5. The summed E-state index contributed by atoms with van der Waals surface area (Å²) < 4.78 is 6.27. The Balaban J connectivity index is 1.37. The van der Waals surface area contributed by atoms with Gasteiger partial charge >= 0.3 is 11.9 Å². The normalized spacial score (nSPS) is 41.1. The molecule has 278 valence electrons. The number of hydrogen-bond acceptors (Lipinski definition) is 5. The van der Waals surface area contributed by atoms with Crippen molar-refractivity contribution in [2.24, 2.45) is 62.1 Å². The molecule has 5 aliphatic rings. The predicted molar refractivity (Wildman–Crippen MR) is 196 cm³/mol. The van der Waals surface area contributed by atoms with Crippen molar-refractivity contribution in [1.29, 1.82) is 0 Å². The second-order valence-corrected chi connectivity index (χ2v) is 20.1. The first-order valence-electron chi connectivity index (χ1n) is 19.6. The highest BCUT2D eigenvalue weighted by Crippen LogP contribution is 2.78. The summed E-state index contributed by atoms with van der Waals surface area (Å²) in [6.07, 6.45) is 12.0. The number of esters is 1. The lowest BCUT2D eigenvalue weighted by Gasteiger charge is -2.73. The third kappa shape index (κ3) is 6.65. The maximum absolute atomic E-state index is 13.5. The van der Waals surface area contributed by atoms with Gasteiger partial charge in [0.1, 0.15) is 6.10 Å². The van der Waals surface area contributed by atoms with Gasteiger partial charge < -0.3 is 20.1 Å². The molecule has 0 saturated heterocycles. The summed E-state index contributed by atoms with van der Waals surface area (Å²) in [6, 6.07) is 0. The third-order valence-electron chi connectivity index (χ3n) is 16.1. The maximum atomic E-state index is 13.5. The molecule has 0 radical (unpaired) electrons. The number of rotatable bonds is 11. The first-order valence-corrected chi connectivity index (χ1v) is 19.6. The van der Waals surface area contributed by atoms with Crippen LogP contribution in [-0.2, 0) is 19.1 Å². The van der Waals surface area contributed by atoms with E-state index in [1.807, 2.05) is 13.8 Å². The smallest absolute Gasteiger partial charge is 0.306 e. The highest BCUT2D eigenvalue weighted by atomic mass is 16.5. The van der Waals surface area contributed by atoms with Gasteiger partial charge in [0.25, 0.3) is 0 Å². The molecule has 3 unspecified atom stereocenters. The highest BCUT2D eigenvalue weighted by Gasteiger charge is 2.71. The van der Waals surface area contributed by atoms with Crippen LogP contribution in [0.4, 0.5) is 0 Å². The average molecular weight is 683 g/mol. The molecule has 5 rings (SSSR count). The molecule has 1 amide bonds. The van der Waals surface area contributed by atoms with E-state index in [2.05, 4.69) is 72.4 Å². The van der Waals surface area contributed by atoms with Crippen molar-refractivity contribution in [2.75, 3.05) is 27.2 Å². The Kier molecular flexibility index (Phi) is 10.4. The van der Waals surface area contributed by atoms with Crippen LogP contribution in [0.25, 0.3) is 0 Å². The Labute approximate surface area is 298 Å². The van der Waals surface area contributed by atoms with E-state index in [9.17, 15) is 19.5 Å². The van der Waals surface area contributed by atoms with Gasteiger partial charge in [-0.25, -0.2) is 0 Å². The lowest BCUT2D eigenvalue weighted by molar-refractivity contribution is -0.250. The minimum atomic E-state index is -0.881. The number of carboxylic acids is 1. The molecule has 7 nitrogen and oxygen atoms in total. The fraction of sp³-hybridized carbons (Fsp3) is 0.881. The maximum Gasteiger partial charge on any atom is 0.306 e. The molecule has 0 aliphatic heterocycles. The van der Waals surface area contributed by atoms with Gasteiger partial charge in [0.2, 0.25) is 5.91 Å². The zero-order chi connectivity index (χ0) is 36.4. The van der Waals surface area contributed by atoms with Crippen molar-refractivity contribution in [3.05, 3.63) is 12.2 Å². The Morgan fingerprint density at radius 3 is 2.20 bits per heavy atom. The number of fused-ring (bicyclic) bond motifs is 7. The van der Waals surface area contributed by atoms with Gasteiger partial charge in [-0.1, -0.05) is 60.6 Å². The molecule has 5 aliphatic carbocycles. The van der Waals surface area contributed by atoms with E-state index in [1.54, 1.807) is 0 Å². The van der Waals surface area contributed by atoms with Crippen LogP contribution in [0.1, 0.15) is 139 Å². The second kappa shape index (κ2) is 13.3. The Hall–Kier alpha value is -1.89. The Bertz CT molecular complexity index is 1310. The standard InChI is InChI=1S/C42H70N2O5/c1-27(2)28-14-19-42(24-33(45)43-22-23-44(10)11)21-20-40(8)29(36(28)42)12-13-31-39(7)17-16-32(38(5,6)30(39)15-18-41(31,40)9)49-35(48)26-37(3,4)25-34(46)47/h28-32,36H,1,12-26H2,2-11H3,(H,43,45)(H,46,47)/t28-,29+,30?,31?,32-,36?,39-,40+,41+,42+/m0/s1. The highest BCUT2D eigenvalue weighted by molar-refractivity contribution is 5.77. The summed E-state index contributed by atoms with van der Waals surface area (Å²) in [5.74, 6) is 1.77. The van der Waals surface area contributed by atoms with Crippen molar-refractivity contribution in [1.82, 2.24) is 10.2 Å². The number of nitrogens with zero attached hydrogens (tertiary/aromatic N) is 1. The number of carbonyl (C=O) groups is 3. The minimum Gasteiger partial charge on any atom is -0.481 e. The fourth-order valence-corrected chi connectivity index (χ4v) is 13.6. The van der Waals surface area contributed by atoms with Crippen molar-refractivity contribution in [3.8, 4) is 0 Å². The van der Waals surface area contributed by atoms with Crippen LogP contribution in [0.3, 0.4) is 0 Å². The van der Waals surface area contributed by atoms with Crippen molar-refractivity contribution >= 4 is 17.8 Å². The van der Waals surface area contributed by atoms with E-state index in [4.69, 9.17) is 4.74 Å². The van der Waals surface area contributed by atoms with Crippen LogP contribution in [-0.4, -0.2) is 61.1 Å². The van der Waals surface area contributed by atoms with Gasteiger partial charge in [0, 0.05) is 24.9 Å². The monoisotopic (exact) mass is 683 g/mol. The van der Waals surface area contributed by atoms with Gasteiger partial charge in [-0.05, 0) is 142 Å². The third-order valence-corrected chi connectivity index (χ3v) is 16.1. The van der Waals surface area contributed by atoms with Crippen molar-refractivity contribution in [2.45, 2.75) is 145 Å². The molecule has 0 spiro atoms. The van der Waals surface area contributed by atoms with Gasteiger partial charge in [0.15, 0.2) is 0 Å². The van der Waals surface area contributed by atoms with E-state index < -0.39 is 11.4 Å². The zero-order valence-corrected chi connectivity index (χ0v) is 32.8. The largest absolute Gasteiger partial charge is 0.481 e. The van der Waals surface area contributed by atoms with Crippen LogP contribution in [0.2, 0.25) is 0 Å². The summed E-state index contributed by atoms with van der Waals surface area (Å²) in [7, 11) is 4.11. The van der Waals surface area contributed by atoms with E-state index in [1.165, 1.54) is 37.7 Å². The quantitative estimate of drug-likeness (QED) is 0.168. The number of likely N-dealkylation sites (N-methyl/N-ethyl adjacent to an activating group) is 1. The number of carboxylic acid groups (broad SMARTS) is 1. The number of ether oxygens (including phenoxy) is 1. The molecule has 0 heterocycles. The molecule has 5 saturated carbocycles. The molecule has 49 heavy (non-hydrogen) atoms. The van der Waals surface area contributed by atoms with Crippen molar-refractivity contribution in [3.63, 3.8) is 0 Å². The lowest BCUT2D eigenvalue weighted by Crippen LogP contribution is -2.67. The number of hydrogen-bond donors (Lipinski definition) is 2. The van der Waals surface area contributed by atoms with Crippen LogP contribution < -0.4 is 5.32 Å². The van der Waals surface area contributed by atoms with E-state index in [-0.39, 0.29) is 57.9 Å². The molecule has 2 N–H and O–H groups in total. The summed E-state index contributed by atoms with van der Waals surface area (Å²) in [6.45, 7) is 24.6. The minimum absolute atomic E-state index is 0.0457. The molecule has 0 aromatic rings. The number of nitrogens with one attached hydrogen (secondary N) is 1. The average Bonchev–Trinajstić information content (AvgIpc) is 3.33. The lowest BCUT2D eigenvalue weighted by atomic mass is 9.32. The number of allylic oxidation sites excluding steroid dienone is 1.